The highest BCUT2D eigenvalue weighted by Gasteiger charge is 2.01. The number of anilines is 1. The maximum absolute atomic E-state index is 8.56. The van der Waals surface area contributed by atoms with E-state index in [2.05, 4.69) is 5.43 Å². The lowest BCUT2D eigenvalue weighted by Crippen LogP contribution is -2.07. The van der Waals surface area contributed by atoms with Gasteiger partial charge >= 0.3 is 0 Å². The van der Waals surface area contributed by atoms with Crippen LogP contribution < -0.4 is 16.0 Å². The van der Waals surface area contributed by atoms with Crippen molar-refractivity contribution >= 4 is 5.69 Å². The molecule has 0 saturated heterocycles. The van der Waals surface area contributed by atoms with E-state index in [9.17, 15) is 0 Å². The summed E-state index contributed by atoms with van der Waals surface area (Å²) < 4.78 is 4.99. The van der Waals surface area contributed by atoms with E-state index in [0.29, 0.717) is 17.0 Å². The molecule has 0 unspecified atom stereocenters. The number of hydrogen-bond acceptors (Lipinski definition) is 4. The number of nitrogens with zero attached hydrogens (tertiary/aromatic N) is 1. The first-order valence-electron chi connectivity index (χ1n) is 3.36. The third-order valence-electron chi connectivity index (χ3n) is 1.49. The van der Waals surface area contributed by atoms with Gasteiger partial charge in [-0.1, -0.05) is 0 Å². The molecule has 0 aliphatic carbocycles. The summed E-state index contributed by atoms with van der Waals surface area (Å²) in [5, 5.41) is 8.56. The molecule has 12 heavy (non-hydrogen) atoms. The lowest BCUT2D eigenvalue weighted by atomic mass is 10.2. The molecule has 3 N–H and O–H groups in total. The minimum absolute atomic E-state index is 0.547. The van der Waals surface area contributed by atoms with E-state index < -0.39 is 0 Å². The molecule has 0 heterocycles. The Morgan fingerprint density at radius 3 is 2.83 bits per heavy atom. The molecule has 1 rings (SSSR count). The summed E-state index contributed by atoms with van der Waals surface area (Å²) in [4.78, 5) is 0. The number of nitrogens with one attached hydrogen (secondary N) is 1. The maximum atomic E-state index is 8.56. The largest absolute Gasteiger partial charge is 0.494 e. The number of hydrogen-bond donors (Lipinski definition) is 2. The normalized spacial score (nSPS) is 8.75. The molecule has 4 nitrogen and oxygen atoms in total. The zero-order valence-corrected chi connectivity index (χ0v) is 6.66. The fourth-order valence-electron chi connectivity index (χ4n) is 0.880. The number of hydrazine groups is 1. The zero-order chi connectivity index (χ0) is 8.97. The zero-order valence-electron chi connectivity index (χ0n) is 6.66. The average molecular weight is 163 g/mol. The van der Waals surface area contributed by atoms with Crippen molar-refractivity contribution in [3.05, 3.63) is 23.8 Å². The highest BCUT2D eigenvalue weighted by molar-refractivity contribution is 5.58. The Morgan fingerprint density at radius 1 is 1.58 bits per heavy atom. The van der Waals surface area contributed by atoms with Gasteiger partial charge in [-0.05, 0) is 12.1 Å². The third kappa shape index (κ3) is 1.47. The van der Waals surface area contributed by atoms with Crippen molar-refractivity contribution in [1.82, 2.24) is 0 Å². The van der Waals surface area contributed by atoms with E-state index in [4.69, 9.17) is 15.8 Å². The van der Waals surface area contributed by atoms with Crippen LogP contribution in [0.15, 0.2) is 18.2 Å². The number of methoxy groups -OCH3 is 1. The standard InChI is InChI=1S/C8H9N3O/c1-12-8-4-6(5-9)2-3-7(8)11-10/h2-4,11H,10H2,1H3. The molecular formula is C8H9N3O. The molecule has 0 spiro atoms. The number of nitrogen functional groups attached to an aromatic ring is 1. The van der Waals surface area contributed by atoms with E-state index in [1.54, 1.807) is 18.2 Å². The summed E-state index contributed by atoms with van der Waals surface area (Å²) in [5.41, 5.74) is 3.67. The molecule has 0 saturated carbocycles. The number of benzene rings is 1. The second-order valence-electron chi connectivity index (χ2n) is 2.17. The van der Waals surface area contributed by atoms with Crippen LogP contribution in [0.2, 0.25) is 0 Å². The highest BCUT2D eigenvalue weighted by atomic mass is 16.5. The predicted molar refractivity (Wildman–Crippen MR) is 45.5 cm³/mol. The van der Waals surface area contributed by atoms with Gasteiger partial charge in [-0.25, -0.2) is 0 Å². The van der Waals surface area contributed by atoms with E-state index >= 15 is 0 Å². The molecule has 0 fully saturated rings. The fourth-order valence-corrected chi connectivity index (χ4v) is 0.880. The van der Waals surface area contributed by atoms with Crippen molar-refractivity contribution in [3.63, 3.8) is 0 Å². The summed E-state index contributed by atoms with van der Waals surface area (Å²) >= 11 is 0. The Kier molecular flexibility index (Phi) is 2.51. The predicted octanol–water partition coefficient (Wildman–Crippen LogP) is 0.852. The van der Waals surface area contributed by atoms with Gasteiger partial charge in [0.2, 0.25) is 0 Å². The third-order valence-corrected chi connectivity index (χ3v) is 1.49. The second kappa shape index (κ2) is 3.60. The van der Waals surface area contributed by atoms with Gasteiger partial charge in [-0.3, -0.25) is 5.84 Å². The monoisotopic (exact) mass is 163 g/mol. The van der Waals surface area contributed by atoms with Gasteiger partial charge in [0.15, 0.2) is 0 Å². The Morgan fingerprint density at radius 2 is 2.33 bits per heavy atom. The molecule has 4 heteroatoms. The molecule has 1 aromatic carbocycles. The number of rotatable bonds is 2. The van der Waals surface area contributed by atoms with E-state index in [-0.39, 0.29) is 0 Å². The van der Waals surface area contributed by atoms with Crippen LogP contribution in [0.5, 0.6) is 5.75 Å². The van der Waals surface area contributed by atoms with Crippen LogP contribution in [-0.2, 0) is 0 Å². The fraction of sp³-hybridized carbons (Fsp3) is 0.125. The van der Waals surface area contributed by atoms with Crippen molar-refractivity contribution in [2.75, 3.05) is 12.5 Å². The first-order chi connectivity index (χ1) is 5.81. The van der Waals surface area contributed by atoms with Gasteiger partial charge in [0.05, 0.1) is 24.4 Å². The van der Waals surface area contributed by atoms with Crippen molar-refractivity contribution in [2.24, 2.45) is 5.84 Å². The van der Waals surface area contributed by atoms with E-state index in [1.807, 2.05) is 6.07 Å². The number of ether oxygens (including phenoxy) is 1. The smallest absolute Gasteiger partial charge is 0.144 e. The average Bonchev–Trinajstić information content (AvgIpc) is 2.16. The van der Waals surface area contributed by atoms with Crippen LogP contribution in [0.1, 0.15) is 5.56 Å². The lowest BCUT2D eigenvalue weighted by molar-refractivity contribution is 0.416. The highest BCUT2D eigenvalue weighted by Crippen LogP contribution is 2.23. The molecule has 62 valence electrons. The van der Waals surface area contributed by atoms with Crippen molar-refractivity contribution in [2.45, 2.75) is 0 Å². The Labute approximate surface area is 70.5 Å². The Bertz CT molecular complexity index is 317. The van der Waals surface area contributed by atoms with Crippen molar-refractivity contribution in [3.8, 4) is 11.8 Å². The van der Waals surface area contributed by atoms with Gasteiger partial charge in [0.1, 0.15) is 5.75 Å². The van der Waals surface area contributed by atoms with Gasteiger partial charge in [-0.15, -0.1) is 0 Å². The Balaban J connectivity index is 3.13. The van der Waals surface area contributed by atoms with Crippen LogP contribution in [0.4, 0.5) is 5.69 Å². The van der Waals surface area contributed by atoms with Gasteiger partial charge in [0.25, 0.3) is 0 Å². The van der Waals surface area contributed by atoms with Crippen molar-refractivity contribution < 1.29 is 4.74 Å². The summed E-state index contributed by atoms with van der Waals surface area (Å²) in [5.74, 6) is 5.77. The second-order valence-corrected chi connectivity index (χ2v) is 2.17. The summed E-state index contributed by atoms with van der Waals surface area (Å²) in [7, 11) is 1.53. The number of nitrogens with two attached hydrogens (primary N) is 1. The van der Waals surface area contributed by atoms with Crippen LogP contribution >= 0.6 is 0 Å². The Hall–Kier alpha value is -1.73. The summed E-state index contributed by atoms with van der Waals surface area (Å²) in [6.45, 7) is 0. The SMILES string of the molecule is COc1cc(C#N)ccc1NN. The molecule has 0 amide bonds. The minimum atomic E-state index is 0.547. The van der Waals surface area contributed by atoms with Crippen LogP contribution in [0, 0.1) is 11.3 Å². The van der Waals surface area contributed by atoms with E-state index in [1.165, 1.54) is 7.11 Å². The molecule has 0 aromatic heterocycles. The van der Waals surface area contributed by atoms with E-state index in [0.717, 1.165) is 0 Å². The topological polar surface area (TPSA) is 71.1 Å². The quantitative estimate of drug-likeness (QED) is 0.501. The first-order valence-corrected chi connectivity index (χ1v) is 3.36. The summed E-state index contributed by atoms with van der Waals surface area (Å²) in [6, 6.07) is 6.98. The van der Waals surface area contributed by atoms with Gasteiger partial charge in [0, 0.05) is 6.07 Å². The maximum Gasteiger partial charge on any atom is 0.144 e. The summed E-state index contributed by atoms with van der Waals surface area (Å²) in [6.07, 6.45) is 0. The molecular weight excluding hydrogens is 154 g/mol. The molecule has 1 aromatic rings. The first kappa shape index (κ1) is 8.37. The van der Waals surface area contributed by atoms with Crippen LogP contribution in [0.25, 0.3) is 0 Å². The molecule has 0 radical (unpaired) electrons. The molecule has 0 aliphatic rings. The molecule has 0 atom stereocenters. The molecule has 0 bridgehead atoms. The molecule has 0 aliphatic heterocycles. The minimum Gasteiger partial charge on any atom is -0.494 e. The van der Waals surface area contributed by atoms with Crippen LogP contribution in [0.3, 0.4) is 0 Å². The van der Waals surface area contributed by atoms with Gasteiger partial charge < -0.3 is 10.2 Å². The number of nitriles is 1. The van der Waals surface area contributed by atoms with Crippen molar-refractivity contribution in [1.29, 1.82) is 5.26 Å². The lowest BCUT2D eigenvalue weighted by Gasteiger charge is -2.06. The van der Waals surface area contributed by atoms with Crippen LogP contribution in [-0.4, -0.2) is 7.11 Å². The van der Waals surface area contributed by atoms with Gasteiger partial charge in [-0.2, -0.15) is 5.26 Å².